The topological polar surface area (TPSA) is 49.7 Å². The minimum absolute atomic E-state index is 0.146. The molecule has 0 radical (unpaired) electrons. The standard InChI is InChI=1S/C7H10BF2NO2S/c1-4(12)6(5(2)13)7(14-3)11-8(9)10/h12H,1-3H3/b6-4-,11-7-. The summed E-state index contributed by atoms with van der Waals surface area (Å²) in [6.45, 7) is 2.44. The molecule has 78 valence electrons. The van der Waals surface area contributed by atoms with Gasteiger partial charge in [-0.05, 0) is 20.1 Å². The maximum Gasteiger partial charge on any atom is 0.693 e. The van der Waals surface area contributed by atoms with E-state index in [0.29, 0.717) is 0 Å². The van der Waals surface area contributed by atoms with Crippen LogP contribution in [0.1, 0.15) is 13.8 Å². The van der Waals surface area contributed by atoms with Crippen molar-refractivity contribution in [1.82, 2.24) is 0 Å². The normalized spacial score (nSPS) is 13.6. The zero-order valence-electron chi connectivity index (χ0n) is 8.04. The van der Waals surface area contributed by atoms with E-state index in [0.717, 1.165) is 11.8 Å². The van der Waals surface area contributed by atoms with Gasteiger partial charge in [-0.15, -0.1) is 11.8 Å². The second-order valence-corrected chi connectivity index (χ2v) is 3.23. The SMILES string of the molecule is CSC(=N\B(F)F)/C(C(C)=O)=C(/C)O. The van der Waals surface area contributed by atoms with Gasteiger partial charge in [0.25, 0.3) is 0 Å². The summed E-state index contributed by atoms with van der Waals surface area (Å²) in [6, 6.07) is 0. The molecule has 3 nitrogen and oxygen atoms in total. The highest BCUT2D eigenvalue weighted by Gasteiger charge is 2.19. The number of hydrogen-bond donors (Lipinski definition) is 1. The highest BCUT2D eigenvalue weighted by molar-refractivity contribution is 8.14. The van der Waals surface area contributed by atoms with Crippen molar-refractivity contribution in [3.05, 3.63) is 11.3 Å². The molecule has 0 saturated carbocycles. The monoisotopic (exact) mass is 221 g/mol. The molecule has 0 rings (SSSR count). The van der Waals surface area contributed by atoms with Gasteiger partial charge in [0, 0.05) is 0 Å². The van der Waals surface area contributed by atoms with Crippen LogP contribution in [0.25, 0.3) is 0 Å². The van der Waals surface area contributed by atoms with Crippen LogP contribution in [0.3, 0.4) is 0 Å². The van der Waals surface area contributed by atoms with Gasteiger partial charge in [-0.25, -0.2) is 0 Å². The van der Waals surface area contributed by atoms with Crippen LogP contribution in [-0.2, 0) is 4.79 Å². The molecule has 0 unspecified atom stereocenters. The van der Waals surface area contributed by atoms with Crippen molar-refractivity contribution in [2.24, 2.45) is 4.90 Å². The van der Waals surface area contributed by atoms with Gasteiger partial charge in [0.05, 0.1) is 10.6 Å². The van der Waals surface area contributed by atoms with Crippen LogP contribution in [0.5, 0.6) is 0 Å². The fraction of sp³-hybridized carbons (Fsp3) is 0.429. The molecule has 0 aromatic carbocycles. The van der Waals surface area contributed by atoms with Crippen molar-refractivity contribution < 1.29 is 18.5 Å². The first-order valence-corrected chi connectivity index (χ1v) is 4.93. The van der Waals surface area contributed by atoms with E-state index in [1.54, 1.807) is 0 Å². The summed E-state index contributed by atoms with van der Waals surface area (Å²) < 4.78 is 23.9. The van der Waals surface area contributed by atoms with E-state index < -0.39 is 13.2 Å². The van der Waals surface area contributed by atoms with Crippen LogP contribution >= 0.6 is 11.8 Å². The molecule has 7 heteroatoms. The summed E-state index contributed by atoms with van der Waals surface area (Å²) in [6.07, 6.45) is 1.51. The summed E-state index contributed by atoms with van der Waals surface area (Å²) in [5, 5.41) is 8.97. The Bertz CT molecular complexity index is 287. The van der Waals surface area contributed by atoms with Gasteiger partial charge in [0.2, 0.25) is 0 Å². The average molecular weight is 221 g/mol. The molecule has 1 N–H and O–H groups in total. The molecule has 0 heterocycles. The van der Waals surface area contributed by atoms with Crippen molar-refractivity contribution >= 4 is 30.0 Å². The third kappa shape index (κ3) is 3.91. The van der Waals surface area contributed by atoms with E-state index in [2.05, 4.69) is 4.90 Å². The molecule has 0 aliphatic carbocycles. The van der Waals surface area contributed by atoms with E-state index >= 15 is 0 Å². The quantitative estimate of drug-likeness (QED) is 0.261. The molecule has 14 heavy (non-hydrogen) atoms. The van der Waals surface area contributed by atoms with Crippen LogP contribution in [0.15, 0.2) is 16.2 Å². The maximum absolute atomic E-state index is 11.9. The van der Waals surface area contributed by atoms with Gasteiger partial charge in [0.1, 0.15) is 5.76 Å². The molecule has 0 aliphatic rings. The number of rotatable bonds is 3. The Hall–Kier alpha value is -0.845. The molecule has 0 fully saturated rings. The van der Waals surface area contributed by atoms with Crippen molar-refractivity contribution in [2.75, 3.05) is 6.26 Å². The number of aliphatic hydroxyl groups excluding tert-OH is 1. The van der Waals surface area contributed by atoms with E-state index in [4.69, 9.17) is 5.11 Å². The Balaban J connectivity index is 5.20. The number of allylic oxidation sites excluding steroid dienone is 1. The van der Waals surface area contributed by atoms with Crippen molar-refractivity contribution in [3.8, 4) is 0 Å². The van der Waals surface area contributed by atoms with Crippen molar-refractivity contribution in [2.45, 2.75) is 13.8 Å². The van der Waals surface area contributed by atoms with E-state index in [1.807, 2.05) is 0 Å². The van der Waals surface area contributed by atoms with Crippen molar-refractivity contribution in [1.29, 1.82) is 0 Å². The summed E-state index contributed by atoms with van der Waals surface area (Å²) in [5.74, 6) is -0.787. The lowest BCUT2D eigenvalue weighted by Crippen LogP contribution is -2.12. The zero-order valence-corrected chi connectivity index (χ0v) is 8.86. The molecule has 0 saturated heterocycles. The molecule has 0 amide bonds. The number of thioether (sulfide) groups is 1. The molecule has 0 aliphatic heterocycles. The van der Waals surface area contributed by atoms with Gasteiger partial charge in [-0.3, -0.25) is 18.3 Å². The minimum Gasteiger partial charge on any atom is -0.512 e. The Morgan fingerprint density at radius 3 is 2.14 bits per heavy atom. The lowest BCUT2D eigenvalue weighted by Gasteiger charge is -2.05. The highest BCUT2D eigenvalue weighted by Crippen LogP contribution is 2.15. The van der Waals surface area contributed by atoms with E-state index in [1.165, 1.54) is 20.1 Å². The lowest BCUT2D eigenvalue weighted by atomic mass is 10.1. The second-order valence-electron chi connectivity index (χ2n) is 2.43. The summed E-state index contributed by atoms with van der Waals surface area (Å²) in [4.78, 5) is 14.0. The fourth-order valence-electron chi connectivity index (χ4n) is 0.868. The van der Waals surface area contributed by atoms with Crippen LogP contribution in [0.2, 0.25) is 0 Å². The number of carbonyl (C=O) groups excluding carboxylic acids is 1. The third-order valence-corrected chi connectivity index (χ3v) is 2.03. The van der Waals surface area contributed by atoms with Gasteiger partial charge < -0.3 is 5.11 Å². The Kier molecular flexibility index (Phi) is 5.45. The molecule has 0 aromatic rings. The summed E-state index contributed by atoms with van der Waals surface area (Å²) in [7, 11) is -2.88. The first kappa shape index (κ1) is 13.2. The molecular formula is C7H10BF2NO2S. The van der Waals surface area contributed by atoms with Gasteiger partial charge in [-0.2, -0.15) is 0 Å². The van der Waals surface area contributed by atoms with Gasteiger partial charge in [0.15, 0.2) is 5.78 Å². The number of carbonyl (C=O) groups is 1. The summed E-state index contributed by atoms with van der Waals surface area (Å²) in [5.41, 5.74) is -0.155. The smallest absolute Gasteiger partial charge is 0.512 e. The number of Topliss-reactive ketones (excluding diaryl/α,β-unsaturated/α-hetero) is 1. The first-order chi connectivity index (χ1) is 6.40. The highest BCUT2D eigenvalue weighted by atomic mass is 32.2. The molecule has 0 bridgehead atoms. The summed E-state index contributed by atoms with van der Waals surface area (Å²) >= 11 is 0.894. The average Bonchev–Trinajstić information content (AvgIpc) is 2.00. The molecule has 0 atom stereocenters. The van der Waals surface area contributed by atoms with E-state index in [9.17, 15) is 13.4 Å². The van der Waals surface area contributed by atoms with E-state index in [-0.39, 0.29) is 16.4 Å². The molecular weight excluding hydrogens is 211 g/mol. The molecule has 0 spiro atoms. The third-order valence-electron chi connectivity index (χ3n) is 1.34. The van der Waals surface area contributed by atoms with Crippen molar-refractivity contribution in [3.63, 3.8) is 0 Å². The predicted octanol–water partition coefficient (Wildman–Crippen LogP) is 2.09. The van der Waals surface area contributed by atoms with Gasteiger partial charge >= 0.3 is 7.40 Å². The predicted molar refractivity (Wildman–Crippen MR) is 54.9 cm³/mol. The fourth-order valence-corrected chi connectivity index (χ4v) is 1.55. The number of halogens is 2. The number of ketones is 1. The maximum atomic E-state index is 11.9. The van der Waals surface area contributed by atoms with Crippen LogP contribution in [0, 0.1) is 0 Å². The number of nitrogens with zero attached hydrogens (tertiary/aromatic N) is 1. The number of aliphatic hydroxyl groups is 1. The Morgan fingerprint density at radius 2 is 1.93 bits per heavy atom. The van der Waals surface area contributed by atoms with Crippen LogP contribution in [0.4, 0.5) is 8.63 Å². The minimum atomic E-state index is -2.88. The van der Waals surface area contributed by atoms with Gasteiger partial charge in [-0.1, -0.05) is 0 Å². The second kappa shape index (κ2) is 5.80. The first-order valence-electron chi connectivity index (χ1n) is 3.71. The lowest BCUT2D eigenvalue weighted by molar-refractivity contribution is -0.113. The van der Waals surface area contributed by atoms with Crippen LogP contribution in [-0.4, -0.2) is 29.6 Å². The largest absolute Gasteiger partial charge is 0.693 e. The molecule has 0 aromatic heterocycles. The number of hydrogen-bond acceptors (Lipinski definition) is 4. The Morgan fingerprint density at radius 1 is 1.43 bits per heavy atom. The zero-order chi connectivity index (χ0) is 11.3. The Labute approximate surface area is 85.5 Å². The van der Waals surface area contributed by atoms with Crippen LogP contribution < -0.4 is 0 Å².